The summed E-state index contributed by atoms with van der Waals surface area (Å²) < 4.78 is 5.34. The Bertz CT molecular complexity index is 780. The third kappa shape index (κ3) is 7.43. The SMILES string of the molecule is CCCCCCCC(=O)Oc1ccc(N=Nc2ccc(C(=O)CC)cc2)cc1. The zero-order valence-electron chi connectivity index (χ0n) is 16.7. The third-order valence-electron chi connectivity index (χ3n) is 4.34. The number of unbranched alkanes of at least 4 members (excludes halogenated alkanes) is 4. The minimum Gasteiger partial charge on any atom is -0.427 e. The van der Waals surface area contributed by atoms with Crippen LogP contribution in [0.25, 0.3) is 0 Å². The van der Waals surface area contributed by atoms with Crippen LogP contribution in [-0.4, -0.2) is 11.8 Å². The van der Waals surface area contributed by atoms with Gasteiger partial charge >= 0.3 is 5.97 Å². The van der Waals surface area contributed by atoms with E-state index in [1.807, 2.05) is 6.92 Å². The van der Waals surface area contributed by atoms with Crippen LogP contribution in [0.1, 0.15) is 69.2 Å². The lowest BCUT2D eigenvalue weighted by Gasteiger charge is -2.04. The summed E-state index contributed by atoms with van der Waals surface area (Å²) in [5.74, 6) is 0.419. The van der Waals surface area contributed by atoms with E-state index in [0.717, 1.165) is 12.8 Å². The largest absolute Gasteiger partial charge is 0.427 e. The predicted molar refractivity (Wildman–Crippen MR) is 111 cm³/mol. The second-order valence-corrected chi connectivity index (χ2v) is 6.66. The lowest BCUT2D eigenvalue weighted by molar-refractivity contribution is -0.134. The van der Waals surface area contributed by atoms with Crippen LogP contribution in [0.15, 0.2) is 58.8 Å². The average Bonchev–Trinajstić information content (AvgIpc) is 2.73. The number of nitrogens with zero attached hydrogens (tertiary/aromatic N) is 2. The summed E-state index contributed by atoms with van der Waals surface area (Å²) in [5, 5.41) is 8.33. The molecule has 148 valence electrons. The van der Waals surface area contributed by atoms with Crippen molar-refractivity contribution in [1.82, 2.24) is 0 Å². The first-order valence-corrected chi connectivity index (χ1v) is 9.98. The van der Waals surface area contributed by atoms with E-state index in [9.17, 15) is 9.59 Å². The standard InChI is InChI=1S/C23H28N2O3/c1-3-5-6-7-8-9-23(27)28-21-16-14-20(15-17-21)25-24-19-12-10-18(11-13-19)22(26)4-2/h10-17H,3-9H2,1-2H3. The fraction of sp³-hybridized carbons (Fsp3) is 0.391. The van der Waals surface area contributed by atoms with E-state index >= 15 is 0 Å². The van der Waals surface area contributed by atoms with E-state index in [1.54, 1.807) is 48.5 Å². The first kappa shape index (κ1) is 21.5. The molecule has 0 radical (unpaired) electrons. The van der Waals surface area contributed by atoms with E-state index in [-0.39, 0.29) is 11.8 Å². The number of Topliss-reactive ketones (excluding diaryl/α,β-unsaturated/α-hetero) is 1. The van der Waals surface area contributed by atoms with Crippen molar-refractivity contribution in [2.45, 2.75) is 58.8 Å². The molecule has 0 N–H and O–H groups in total. The molecule has 28 heavy (non-hydrogen) atoms. The maximum atomic E-state index is 11.8. The molecule has 2 aromatic rings. The molecule has 5 nitrogen and oxygen atoms in total. The molecule has 5 heteroatoms. The number of ether oxygens (including phenoxy) is 1. The van der Waals surface area contributed by atoms with Gasteiger partial charge in [0.2, 0.25) is 0 Å². The molecule has 0 heterocycles. The fourth-order valence-corrected chi connectivity index (χ4v) is 2.67. The van der Waals surface area contributed by atoms with Crippen molar-refractivity contribution >= 4 is 23.1 Å². The number of hydrogen-bond donors (Lipinski definition) is 0. The van der Waals surface area contributed by atoms with Crippen molar-refractivity contribution < 1.29 is 14.3 Å². The van der Waals surface area contributed by atoms with Gasteiger partial charge in [-0.15, -0.1) is 0 Å². The van der Waals surface area contributed by atoms with Gasteiger partial charge in [-0.25, -0.2) is 0 Å². The molecule has 0 aliphatic carbocycles. The van der Waals surface area contributed by atoms with Gasteiger partial charge in [-0.3, -0.25) is 9.59 Å². The maximum Gasteiger partial charge on any atom is 0.311 e. The van der Waals surface area contributed by atoms with Gasteiger partial charge in [0, 0.05) is 18.4 Å². The first-order valence-electron chi connectivity index (χ1n) is 9.98. The smallest absolute Gasteiger partial charge is 0.311 e. The Morgan fingerprint density at radius 3 is 1.93 bits per heavy atom. The lowest BCUT2D eigenvalue weighted by atomic mass is 10.1. The Morgan fingerprint density at radius 1 is 0.786 bits per heavy atom. The summed E-state index contributed by atoms with van der Waals surface area (Å²) in [6, 6.07) is 14.0. The Morgan fingerprint density at radius 2 is 1.36 bits per heavy atom. The molecule has 2 rings (SSSR count). The fourth-order valence-electron chi connectivity index (χ4n) is 2.67. The summed E-state index contributed by atoms with van der Waals surface area (Å²) >= 11 is 0. The second kappa shape index (κ2) is 11.8. The minimum absolute atomic E-state index is 0.106. The Kier molecular flexibility index (Phi) is 9.05. The maximum absolute atomic E-state index is 11.8. The zero-order chi connectivity index (χ0) is 20.2. The molecule has 0 saturated heterocycles. The molecule has 0 aromatic heterocycles. The van der Waals surface area contributed by atoms with Crippen LogP contribution in [0.3, 0.4) is 0 Å². The highest BCUT2D eigenvalue weighted by molar-refractivity contribution is 5.96. The molecule has 0 atom stereocenters. The van der Waals surface area contributed by atoms with Crippen LogP contribution in [-0.2, 0) is 4.79 Å². The predicted octanol–water partition coefficient (Wildman–Crippen LogP) is 6.96. The molecule has 0 amide bonds. The summed E-state index contributed by atoms with van der Waals surface area (Å²) in [5.41, 5.74) is 2.01. The highest BCUT2D eigenvalue weighted by Crippen LogP contribution is 2.22. The molecule has 0 bridgehead atoms. The van der Waals surface area contributed by atoms with Crippen LogP contribution in [0.5, 0.6) is 5.75 Å². The van der Waals surface area contributed by atoms with Crippen LogP contribution >= 0.6 is 0 Å². The molecule has 0 saturated carbocycles. The molecular formula is C23H28N2O3. The Labute approximate surface area is 166 Å². The quantitative estimate of drug-likeness (QED) is 0.139. The van der Waals surface area contributed by atoms with E-state index in [2.05, 4.69) is 17.2 Å². The third-order valence-corrected chi connectivity index (χ3v) is 4.34. The molecule has 0 unspecified atom stereocenters. The number of azo groups is 1. The monoisotopic (exact) mass is 380 g/mol. The lowest BCUT2D eigenvalue weighted by Crippen LogP contribution is -2.07. The Balaban J connectivity index is 1.82. The van der Waals surface area contributed by atoms with Crippen molar-refractivity contribution in [3.8, 4) is 5.75 Å². The van der Waals surface area contributed by atoms with E-state index in [0.29, 0.717) is 35.5 Å². The van der Waals surface area contributed by atoms with Gasteiger partial charge in [0.15, 0.2) is 5.78 Å². The normalized spacial score (nSPS) is 10.9. The van der Waals surface area contributed by atoms with E-state index < -0.39 is 0 Å². The van der Waals surface area contributed by atoms with Crippen molar-refractivity contribution in [1.29, 1.82) is 0 Å². The van der Waals surface area contributed by atoms with Crippen molar-refractivity contribution in [2.75, 3.05) is 0 Å². The molecule has 2 aromatic carbocycles. The molecule has 0 aliphatic rings. The van der Waals surface area contributed by atoms with Crippen LogP contribution in [0.2, 0.25) is 0 Å². The molecular weight excluding hydrogens is 352 g/mol. The van der Waals surface area contributed by atoms with Gasteiger partial charge < -0.3 is 4.74 Å². The van der Waals surface area contributed by atoms with Gasteiger partial charge in [-0.05, 0) is 55.0 Å². The highest BCUT2D eigenvalue weighted by Gasteiger charge is 2.05. The zero-order valence-corrected chi connectivity index (χ0v) is 16.7. The number of benzene rings is 2. The highest BCUT2D eigenvalue weighted by atomic mass is 16.5. The minimum atomic E-state index is -0.201. The van der Waals surface area contributed by atoms with Gasteiger partial charge in [-0.2, -0.15) is 10.2 Å². The number of carbonyl (C=O) groups is 2. The molecule has 0 aliphatic heterocycles. The molecule has 0 spiro atoms. The van der Waals surface area contributed by atoms with Crippen molar-refractivity contribution in [3.05, 3.63) is 54.1 Å². The van der Waals surface area contributed by atoms with E-state index in [4.69, 9.17) is 4.74 Å². The van der Waals surface area contributed by atoms with Crippen LogP contribution in [0.4, 0.5) is 11.4 Å². The number of esters is 1. The summed E-state index contributed by atoms with van der Waals surface area (Å²) in [6.07, 6.45) is 6.44. The number of ketones is 1. The van der Waals surface area contributed by atoms with Crippen molar-refractivity contribution in [3.63, 3.8) is 0 Å². The van der Waals surface area contributed by atoms with Crippen molar-refractivity contribution in [2.24, 2.45) is 10.2 Å². The van der Waals surface area contributed by atoms with Gasteiger partial charge in [0.1, 0.15) is 5.75 Å². The van der Waals surface area contributed by atoms with Gasteiger partial charge in [0.05, 0.1) is 11.4 Å². The van der Waals surface area contributed by atoms with E-state index in [1.165, 1.54) is 19.3 Å². The summed E-state index contributed by atoms with van der Waals surface area (Å²) in [6.45, 7) is 4.01. The number of rotatable bonds is 11. The molecule has 0 fully saturated rings. The van der Waals surface area contributed by atoms with Gasteiger partial charge in [0.25, 0.3) is 0 Å². The topological polar surface area (TPSA) is 68.1 Å². The first-order chi connectivity index (χ1) is 13.6. The Hall–Kier alpha value is -2.82. The average molecular weight is 380 g/mol. The number of carbonyl (C=O) groups excluding carboxylic acids is 2. The van der Waals surface area contributed by atoms with Gasteiger partial charge in [-0.1, -0.05) is 39.5 Å². The number of hydrogen-bond acceptors (Lipinski definition) is 5. The van der Waals surface area contributed by atoms with Crippen LogP contribution in [0, 0.1) is 0 Å². The second-order valence-electron chi connectivity index (χ2n) is 6.66. The summed E-state index contributed by atoms with van der Waals surface area (Å²) in [4.78, 5) is 23.5. The summed E-state index contributed by atoms with van der Waals surface area (Å²) in [7, 11) is 0. The van der Waals surface area contributed by atoms with Crippen LogP contribution < -0.4 is 4.74 Å².